The highest BCUT2D eigenvalue weighted by atomic mass is 32.1. The molecule has 1 fully saturated rings. The van der Waals surface area contributed by atoms with Crippen molar-refractivity contribution in [3.05, 3.63) is 53.2 Å². The zero-order valence-corrected chi connectivity index (χ0v) is 14.9. The van der Waals surface area contributed by atoms with Crippen LogP contribution in [0.5, 0.6) is 5.75 Å². The number of ether oxygens (including phenoxy) is 1. The van der Waals surface area contributed by atoms with Gasteiger partial charge in [-0.25, -0.2) is 4.79 Å². The molecule has 0 aliphatic carbocycles. The van der Waals surface area contributed by atoms with Crippen LogP contribution in [0.15, 0.2) is 46.2 Å². The molecule has 0 radical (unpaired) electrons. The van der Waals surface area contributed by atoms with E-state index in [1.54, 1.807) is 12.1 Å². The van der Waals surface area contributed by atoms with Gasteiger partial charge in [0.05, 0.1) is 11.5 Å². The summed E-state index contributed by atoms with van der Waals surface area (Å²) < 4.78 is 11.3. The van der Waals surface area contributed by atoms with Gasteiger partial charge in [-0.2, -0.15) is 0 Å². The Bertz CT molecular complexity index is 1030. The van der Waals surface area contributed by atoms with E-state index in [0.717, 1.165) is 9.78 Å². The number of imide groups is 1. The van der Waals surface area contributed by atoms with Gasteiger partial charge in [0.15, 0.2) is 5.54 Å². The molecular formula is C18H14N4O4S. The van der Waals surface area contributed by atoms with E-state index in [1.807, 2.05) is 29.6 Å². The maximum absolute atomic E-state index is 13.2. The van der Waals surface area contributed by atoms with Crippen molar-refractivity contribution in [1.29, 1.82) is 0 Å². The van der Waals surface area contributed by atoms with Gasteiger partial charge in [-0.3, -0.25) is 9.69 Å². The molecule has 5 rings (SSSR count). The molecular weight excluding hydrogens is 368 g/mol. The van der Waals surface area contributed by atoms with Gasteiger partial charge in [0.25, 0.3) is 11.8 Å². The number of amides is 3. The lowest BCUT2D eigenvalue weighted by molar-refractivity contribution is -0.133. The van der Waals surface area contributed by atoms with Crippen molar-refractivity contribution in [2.75, 3.05) is 6.61 Å². The van der Waals surface area contributed by atoms with Gasteiger partial charge in [-0.1, -0.05) is 24.3 Å². The van der Waals surface area contributed by atoms with Crippen molar-refractivity contribution in [2.24, 2.45) is 0 Å². The lowest BCUT2D eigenvalue weighted by Crippen LogP contribution is -2.47. The first-order valence-electron chi connectivity index (χ1n) is 8.40. The molecule has 8 nitrogen and oxygen atoms in total. The van der Waals surface area contributed by atoms with Gasteiger partial charge in [-0.15, -0.1) is 21.5 Å². The minimum atomic E-state index is -1.11. The molecule has 0 unspecified atom stereocenters. The molecule has 1 atom stereocenters. The fraction of sp³-hybridized carbons (Fsp3) is 0.222. The highest BCUT2D eigenvalue weighted by Gasteiger charge is 2.55. The topological polar surface area (TPSA) is 97.6 Å². The second kappa shape index (κ2) is 5.92. The summed E-state index contributed by atoms with van der Waals surface area (Å²) in [5.74, 6) is 0.855. The molecule has 3 aromatic rings. The Labute approximate surface area is 157 Å². The first kappa shape index (κ1) is 16.0. The molecule has 2 aliphatic heterocycles. The Hall–Kier alpha value is -3.20. The predicted molar refractivity (Wildman–Crippen MR) is 94.9 cm³/mol. The number of benzene rings is 1. The van der Waals surface area contributed by atoms with Crippen LogP contribution in [0.2, 0.25) is 0 Å². The molecule has 2 aromatic heterocycles. The molecule has 1 spiro atoms. The molecule has 1 aromatic carbocycles. The zero-order chi connectivity index (χ0) is 18.4. The van der Waals surface area contributed by atoms with Crippen molar-refractivity contribution in [3.63, 3.8) is 0 Å². The maximum atomic E-state index is 13.2. The van der Waals surface area contributed by atoms with Gasteiger partial charge < -0.3 is 14.5 Å². The fourth-order valence-electron chi connectivity index (χ4n) is 3.47. The number of nitrogens with zero attached hydrogens (tertiary/aromatic N) is 3. The number of aromatic nitrogens is 2. The van der Waals surface area contributed by atoms with Crippen molar-refractivity contribution in [1.82, 2.24) is 20.4 Å². The van der Waals surface area contributed by atoms with E-state index in [4.69, 9.17) is 9.15 Å². The molecule has 136 valence electrons. The Balaban J connectivity index is 1.44. The molecule has 27 heavy (non-hydrogen) atoms. The van der Waals surface area contributed by atoms with E-state index < -0.39 is 11.6 Å². The number of hydrogen-bond acceptors (Lipinski definition) is 7. The van der Waals surface area contributed by atoms with Crippen LogP contribution in [0.4, 0.5) is 4.79 Å². The maximum Gasteiger partial charge on any atom is 0.325 e. The summed E-state index contributed by atoms with van der Waals surface area (Å²) >= 11 is 1.47. The predicted octanol–water partition coefficient (Wildman–Crippen LogP) is 2.53. The third kappa shape index (κ3) is 2.42. The number of carbonyl (C=O) groups excluding carboxylic acids is 2. The number of fused-ring (bicyclic) bond motifs is 2. The summed E-state index contributed by atoms with van der Waals surface area (Å²) in [6.07, 6.45) is 0.370. The SMILES string of the molecule is O=C1N[C@@]2(CCOc3ccccc32)C(=O)N1Cc1nnc(-c2cccs2)o1. The first-order valence-corrected chi connectivity index (χ1v) is 9.28. The highest BCUT2D eigenvalue weighted by molar-refractivity contribution is 7.13. The normalized spacial score (nSPS) is 21.3. The van der Waals surface area contributed by atoms with Gasteiger partial charge in [0.2, 0.25) is 5.89 Å². The zero-order valence-electron chi connectivity index (χ0n) is 14.0. The number of urea groups is 1. The number of rotatable bonds is 3. The largest absolute Gasteiger partial charge is 0.493 e. The van der Waals surface area contributed by atoms with Crippen molar-refractivity contribution in [2.45, 2.75) is 18.5 Å². The third-order valence-corrected chi connectivity index (χ3v) is 5.61. The number of nitrogens with one attached hydrogen (secondary N) is 1. The lowest BCUT2D eigenvalue weighted by Gasteiger charge is -2.33. The summed E-state index contributed by atoms with van der Waals surface area (Å²) in [6.45, 7) is 0.272. The quantitative estimate of drug-likeness (QED) is 0.699. The van der Waals surface area contributed by atoms with Crippen LogP contribution in [-0.4, -0.2) is 33.6 Å². The number of thiophene rings is 1. The Morgan fingerprint density at radius 2 is 2.07 bits per heavy atom. The van der Waals surface area contributed by atoms with E-state index in [2.05, 4.69) is 15.5 Å². The average molecular weight is 382 g/mol. The van der Waals surface area contributed by atoms with Crippen LogP contribution < -0.4 is 10.1 Å². The van der Waals surface area contributed by atoms with Crippen LogP contribution in [-0.2, 0) is 16.9 Å². The van der Waals surface area contributed by atoms with E-state index in [-0.39, 0.29) is 18.3 Å². The minimum absolute atomic E-state index is 0.0756. The van der Waals surface area contributed by atoms with Gasteiger partial charge in [0.1, 0.15) is 12.3 Å². The second-order valence-corrected chi connectivity index (χ2v) is 7.25. The molecule has 2 aliphatic rings. The monoisotopic (exact) mass is 382 g/mol. The lowest BCUT2D eigenvalue weighted by atomic mass is 9.84. The smallest absolute Gasteiger partial charge is 0.325 e. The van der Waals surface area contributed by atoms with Gasteiger partial charge in [0, 0.05) is 12.0 Å². The van der Waals surface area contributed by atoms with Gasteiger partial charge in [-0.05, 0) is 17.5 Å². The Kier molecular flexibility index (Phi) is 3.51. The molecule has 0 saturated carbocycles. The summed E-state index contributed by atoms with van der Waals surface area (Å²) in [6, 6.07) is 10.5. The minimum Gasteiger partial charge on any atom is -0.493 e. The van der Waals surface area contributed by atoms with E-state index >= 15 is 0 Å². The third-order valence-electron chi connectivity index (χ3n) is 4.75. The molecule has 9 heteroatoms. The molecule has 0 bridgehead atoms. The Morgan fingerprint density at radius 3 is 2.93 bits per heavy atom. The van der Waals surface area contributed by atoms with Crippen molar-refractivity contribution in [3.8, 4) is 16.5 Å². The van der Waals surface area contributed by atoms with Gasteiger partial charge >= 0.3 is 6.03 Å². The summed E-state index contributed by atoms with van der Waals surface area (Å²) in [5, 5.41) is 12.7. The molecule has 3 amide bonds. The number of hydrogen-bond donors (Lipinski definition) is 1. The standard InChI is InChI=1S/C18H14N4O4S/c23-16-18(7-8-25-12-5-2-1-4-11(12)18)19-17(24)22(16)10-14-20-21-15(26-14)13-6-3-9-27-13/h1-6,9H,7-8,10H2,(H,19,24)/t18-/m1/s1. The van der Waals surface area contributed by atoms with E-state index in [0.29, 0.717) is 30.2 Å². The molecule has 1 saturated heterocycles. The summed E-state index contributed by atoms with van der Waals surface area (Å²) in [4.78, 5) is 27.7. The first-order chi connectivity index (χ1) is 13.2. The molecule has 1 N–H and O–H groups in total. The van der Waals surface area contributed by atoms with Crippen LogP contribution in [0, 0.1) is 0 Å². The van der Waals surface area contributed by atoms with Crippen molar-refractivity contribution >= 4 is 23.3 Å². The summed E-state index contributed by atoms with van der Waals surface area (Å²) in [7, 11) is 0. The average Bonchev–Trinajstić information content (AvgIpc) is 3.40. The Morgan fingerprint density at radius 1 is 1.19 bits per heavy atom. The van der Waals surface area contributed by atoms with Crippen LogP contribution >= 0.6 is 11.3 Å². The van der Waals surface area contributed by atoms with E-state index in [1.165, 1.54) is 11.3 Å². The van der Waals surface area contributed by atoms with Crippen LogP contribution in [0.3, 0.4) is 0 Å². The molecule has 4 heterocycles. The fourth-order valence-corrected chi connectivity index (χ4v) is 4.11. The number of para-hydroxylation sites is 1. The van der Waals surface area contributed by atoms with Crippen molar-refractivity contribution < 1.29 is 18.7 Å². The van der Waals surface area contributed by atoms with Crippen LogP contribution in [0.1, 0.15) is 17.9 Å². The number of carbonyl (C=O) groups is 2. The van der Waals surface area contributed by atoms with Crippen LogP contribution in [0.25, 0.3) is 10.8 Å². The summed E-state index contributed by atoms with van der Waals surface area (Å²) in [5.41, 5.74) is -0.440. The second-order valence-electron chi connectivity index (χ2n) is 6.30. The highest BCUT2D eigenvalue weighted by Crippen LogP contribution is 2.41. The van der Waals surface area contributed by atoms with E-state index in [9.17, 15) is 9.59 Å².